The third kappa shape index (κ3) is 25.2. The van der Waals surface area contributed by atoms with Gasteiger partial charge in [0.1, 0.15) is 0 Å². The van der Waals surface area contributed by atoms with Crippen molar-refractivity contribution < 1.29 is 71.2 Å². The zero-order chi connectivity index (χ0) is 8.57. The summed E-state index contributed by atoms with van der Waals surface area (Å²) in [5.74, 6) is -2.51. The van der Waals surface area contributed by atoms with E-state index in [1.807, 2.05) is 0 Å². The Morgan fingerprint density at radius 1 is 1.09 bits per heavy atom. The average Bonchev–Trinajstić information content (AvgIpc) is 1.89. The van der Waals surface area contributed by atoms with Gasteiger partial charge in [-0.05, 0) is 0 Å². The van der Waals surface area contributed by atoms with Crippen LogP contribution < -0.4 is 51.4 Å². The number of carboxylic acid groups (broad SMARTS) is 2. The van der Waals surface area contributed by atoms with Crippen LogP contribution in [0, 0.1) is 6.92 Å². The molecule has 58 valence electrons. The van der Waals surface area contributed by atoms with Gasteiger partial charge in [0.15, 0.2) is 0 Å². The average molecular weight is 184 g/mol. The summed E-state index contributed by atoms with van der Waals surface area (Å²) in [6.07, 6.45) is 1.12. The zero-order valence-electron chi connectivity index (χ0n) is 6.57. The van der Waals surface area contributed by atoms with Gasteiger partial charge >= 0.3 is 63.3 Å². The smallest absolute Gasteiger partial charge is 0.478 e. The van der Waals surface area contributed by atoms with Crippen molar-refractivity contribution in [2.24, 2.45) is 0 Å². The molecule has 0 spiro atoms. The van der Waals surface area contributed by atoms with Crippen LogP contribution in [0.5, 0.6) is 0 Å². The first-order chi connectivity index (χ1) is 4.63. The standard InChI is InChI=1S/C4H4O4.C2H5.K/c5-3(6)1-2-4(7)8;1-2;/h1-2H,(H,5,6)(H,7,8);1H2,2H3;/q;-1;+1. The zero-order valence-corrected chi connectivity index (χ0v) is 9.70. The van der Waals surface area contributed by atoms with Gasteiger partial charge in [-0.15, -0.1) is 0 Å². The number of hydrogen-bond donors (Lipinski definition) is 2. The van der Waals surface area contributed by atoms with E-state index in [1.54, 1.807) is 6.92 Å². The molecule has 2 N–H and O–H groups in total. The Morgan fingerprint density at radius 2 is 1.27 bits per heavy atom. The summed E-state index contributed by atoms with van der Waals surface area (Å²) in [6, 6.07) is 0. The molecule has 5 heteroatoms. The number of rotatable bonds is 2. The van der Waals surface area contributed by atoms with Gasteiger partial charge in [-0.2, -0.15) is 6.92 Å². The van der Waals surface area contributed by atoms with Crippen molar-refractivity contribution in [2.45, 2.75) is 6.92 Å². The molecule has 4 nitrogen and oxygen atoms in total. The van der Waals surface area contributed by atoms with Gasteiger partial charge in [0.05, 0.1) is 0 Å². The number of hydrogen-bond acceptors (Lipinski definition) is 2. The van der Waals surface area contributed by atoms with Crippen LogP contribution in [-0.2, 0) is 9.59 Å². The summed E-state index contributed by atoms with van der Waals surface area (Å²) in [6.45, 7) is 5.00. The minimum absolute atomic E-state index is 0. The first-order valence-electron chi connectivity index (χ1n) is 2.47. The first-order valence-corrected chi connectivity index (χ1v) is 2.47. The van der Waals surface area contributed by atoms with Crippen LogP contribution in [0.2, 0.25) is 0 Å². The van der Waals surface area contributed by atoms with Gasteiger partial charge in [-0.1, -0.05) is 0 Å². The summed E-state index contributed by atoms with van der Waals surface area (Å²) in [7, 11) is 0. The number of aliphatic carboxylic acids is 2. The molecule has 0 atom stereocenters. The second-order valence-electron chi connectivity index (χ2n) is 1.01. The molecule has 0 aromatic carbocycles. The third-order valence-electron chi connectivity index (χ3n) is 0.368. The Bertz CT molecular complexity index is 126. The Balaban J connectivity index is -0.000000196. The fourth-order valence-corrected chi connectivity index (χ4v) is 0.143. The molecule has 0 unspecified atom stereocenters. The van der Waals surface area contributed by atoms with E-state index in [-0.39, 0.29) is 51.4 Å². The van der Waals surface area contributed by atoms with Gasteiger partial charge in [0.25, 0.3) is 0 Å². The maximum atomic E-state index is 9.55. The summed E-state index contributed by atoms with van der Waals surface area (Å²) in [5, 5.41) is 15.6. The Morgan fingerprint density at radius 3 is 1.36 bits per heavy atom. The van der Waals surface area contributed by atoms with Crippen molar-refractivity contribution in [3.8, 4) is 0 Å². The second-order valence-corrected chi connectivity index (χ2v) is 1.01. The predicted octanol–water partition coefficient (Wildman–Crippen LogP) is -2.44. The van der Waals surface area contributed by atoms with Gasteiger partial charge < -0.3 is 17.1 Å². The molecule has 0 aliphatic rings. The maximum absolute atomic E-state index is 9.55. The SMILES string of the molecule is O=C(O)C=CC(=O)O.[CH2-]C.[K+]. The quantitative estimate of drug-likeness (QED) is 0.284. The van der Waals surface area contributed by atoms with Gasteiger partial charge in [-0.3, -0.25) is 0 Å². The van der Waals surface area contributed by atoms with E-state index in [9.17, 15) is 9.59 Å². The second kappa shape index (κ2) is 12.9. The molecule has 0 aromatic rings. The van der Waals surface area contributed by atoms with Crippen molar-refractivity contribution in [2.75, 3.05) is 0 Å². The molecule has 0 heterocycles. The van der Waals surface area contributed by atoms with E-state index in [0.29, 0.717) is 12.2 Å². The Labute approximate surface area is 108 Å². The molecule has 0 fully saturated rings. The summed E-state index contributed by atoms with van der Waals surface area (Å²) >= 11 is 0. The van der Waals surface area contributed by atoms with E-state index < -0.39 is 11.9 Å². The summed E-state index contributed by atoms with van der Waals surface area (Å²) < 4.78 is 0. The van der Waals surface area contributed by atoms with E-state index in [1.165, 1.54) is 0 Å². The molecule has 0 amide bonds. The molecule has 0 saturated heterocycles. The normalized spacial score (nSPS) is 7.45. The summed E-state index contributed by atoms with van der Waals surface area (Å²) in [5.41, 5.74) is 0. The molecule has 0 aliphatic carbocycles. The largest absolute Gasteiger partial charge is 1.00 e. The minimum Gasteiger partial charge on any atom is -0.478 e. The fourth-order valence-electron chi connectivity index (χ4n) is 0.143. The number of carboxylic acids is 2. The van der Waals surface area contributed by atoms with E-state index in [2.05, 4.69) is 6.92 Å². The molecule has 11 heavy (non-hydrogen) atoms. The van der Waals surface area contributed by atoms with Gasteiger partial charge in [-0.25, -0.2) is 9.59 Å². The molecule has 0 aromatic heterocycles. The van der Waals surface area contributed by atoms with Crippen LogP contribution in [0.25, 0.3) is 0 Å². The molecule has 0 bridgehead atoms. The van der Waals surface area contributed by atoms with E-state index in [4.69, 9.17) is 10.2 Å². The molecular formula is C6H9KO4. The van der Waals surface area contributed by atoms with Crippen LogP contribution in [0.1, 0.15) is 6.92 Å². The Kier molecular flexibility index (Phi) is 20.5. The van der Waals surface area contributed by atoms with Crippen molar-refractivity contribution in [1.82, 2.24) is 0 Å². The molecule has 0 rings (SSSR count). The molecular weight excluding hydrogens is 175 g/mol. The Hall–Kier alpha value is 0.316. The van der Waals surface area contributed by atoms with Crippen LogP contribution in [0.4, 0.5) is 0 Å². The van der Waals surface area contributed by atoms with Crippen molar-refractivity contribution in [3.05, 3.63) is 19.1 Å². The van der Waals surface area contributed by atoms with E-state index in [0.717, 1.165) is 0 Å². The van der Waals surface area contributed by atoms with E-state index >= 15 is 0 Å². The van der Waals surface area contributed by atoms with Crippen molar-refractivity contribution >= 4 is 11.9 Å². The van der Waals surface area contributed by atoms with Crippen LogP contribution >= 0.6 is 0 Å². The third-order valence-corrected chi connectivity index (χ3v) is 0.368. The van der Waals surface area contributed by atoms with Crippen LogP contribution in [0.3, 0.4) is 0 Å². The fraction of sp³-hybridized carbons (Fsp3) is 0.167. The van der Waals surface area contributed by atoms with Crippen molar-refractivity contribution in [3.63, 3.8) is 0 Å². The molecule has 0 saturated carbocycles. The summed E-state index contributed by atoms with van der Waals surface area (Å²) in [4.78, 5) is 19.1. The topological polar surface area (TPSA) is 74.6 Å². The monoisotopic (exact) mass is 184 g/mol. The molecule has 0 aliphatic heterocycles. The first kappa shape index (κ1) is 17.4. The van der Waals surface area contributed by atoms with Gasteiger partial charge in [0, 0.05) is 12.2 Å². The van der Waals surface area contributed by atoms with Gasteiger partial charge in [0.2, 0.25) is 0 Å². The predicted molar refractivity (Wildman–Crippen MR) is 35.4 cm³/mol. The number of carbonyl (C=O) groups is 2. The minimum atomic E-state index is -1.26. The maximum Gasteiger partial charge on any atom is 1.00 e. The van der Waals surface area contributed by atoms with Crippen molar-refractivity contribution in [1.29, 1.82) is 0 Å². The van der Waals surface area contributed by atoms with Crippen LogP contribution in [0.15, 0.2) is 12.2 Å². The molecule has 0 radical (unpaired) electrons. The van der Waals surface area contributed by atoms with Crippen LogP contribution in [-0.4, -0.2) is 22.2 Å².